The average molecular weight is 231 g/mol. The Bertz CT molecular complexity index is 442. The van der Waals surface area contributed by atoms with Gasteiger partial charge in [-0.25, -0.2) is 0 Å². The smallest absolute Gasteiger partial charge is 0.242 e. The Hall–Kier alpha value is -1.81. The van der Waals surface area contributed by atoms with E-state index in [1.54, 1.807) is 12.1 Å². The first-order chi connectivity index (χ1) is 8.24. The first-order valence-corrected chi connectivity index (χ1v) is 5.73. The third-order valence-electron chi connectivity index (χ3n) is 2.91. The van der Waals surface area contributed by atoms with E-state index in [0.717, 1.165) is 17.8 Å². The molecule has 0 saturated carbocycles. The number of nitrogens with two attached hydrogens (primary N) is 1. The molecule has 90 valence electrons. The van der Waals surface area contributed by atoms with Crippen LogP contribution in [0.2, 0.25) is 0 Å². The fourth-order valence-corrected chi connectivity index (χ4v) is 1.99. The van der Waals surface area contributed by atoms with Crippen molar-refractivity contribution in [1.82, 2.24) is 5.01 Å². The summed E-state index contributed by atoms with van der Waals surface area (Å²) in [5.41, 5.74) is 7.59. The SMILES string of the molecule is CN1C(=O)CCN1c1ccccc1/C=C/CN. The molecule has 4 nitrogen and oxygen atoms in total. The number of hydrazine groups is 1. The minimum absolute atomic E-state index is 0.155. The minimum atomic E-state index is 0.155. The van der Waals surface area contributed by atoms with Gasteiger partial charge in [0.2, 0.25) is 5.91 Å². The number of para-hydroxylation sites is 1. The molecule has 4 heteroatoms. The quantitative estimate of drug-likeness (QED) is 0.851. The lowest BCUT2D eigenvalue weighted by Gasteiger charge is -2.27. The van der Waals surface area contributed by atoms with Crippen molar-refractivity contribution < 1.29 is 4.79 Å². The van der Waals surface area contributed by atoms with Crippen LogP contribution < -0.4 is 10.7 Å². The molecule has 0 spiro atoms. The molecular formula is C13H17N3O. The number of amides is 1. The zero-order chi connectivity index (χ0) is 12.3. The fourth-order valence-electron chi connectivity index (χ4n) is 1.99. The van der Waals surface area contributed by atoms with Gasteiger partial charge in [0, 0.05) is 26.6 Å². The van der Waals surface area contributed by atoms with Gasteiger partial charge >= 0.3 is 0 Å². The van der Waals surface area contributed by atoms with Crippen molar-refractivity contribution in [1.29, 1.82) is 0 Å². The van der Waals surface area contributed by atoms with Crippen molar-refractivity contribution in [3.8, 4) is 0 Å². The van der Waals surface area contributed by atoms with Crippen LogP contribution in [0.4, 0.5) is 5.69 Å². The molecule has 1 amide bonds. The Morgan fingerprint density at radius 3 is 2.82 bits per heavy atom. The van der Waals surface area contributed by atoms with E-state index >= 15 is 0 Å². The molecule has 2 rings (SSSR count). The summed E-state index contributed by atoms with van der Waals surface area (Å²) in [6.07, 6.45) is 4.48. The first-order valence-electron chi connectivity index (χ1n) is 5.73. The van der Waals surface area contributed by atoms with Crippen LogP contribution in [0.15, 0.2) is 30.3 Å². The Kier molecular flexibility index (Phi) is 3.44. The van der Waals surface area contributed by atoms with Gasteiger partial charge in [-0.15, -0.1) is 0 Å². The molecule has 0 radical (unpaired) electrons. The van der Waals surface area contributed by atoms with Gasteiger partial charge in [0.15, 0.2) is 0 Å². The number of carbonyl (C=O) groups excluding carboxylic acids is 1. The topological polar surface area (TPSA) is 49.6 Å². The van der Waals surface area contributed by atoms with Crippen molar-refractivity contribution in [2.24, 2.45) is 5.73 Å². The van der Waals surface area contributed by atoms with E-state index in [-0.39, 0.29) is 5.91 Å². The highest BCUT2D eigenvalue weighted by Crippen LogP contribution is 2.26. The van der Waals surface area contributed by atoms with Gasteiger partial charge < -0.3 is 5.73 Å². The van der Waals surface area contributed by atoms with Crippen LogP contribution >= 0.6 is 0 Å². The summed E-state index contributed by atoms with van der Waals surface area (Å²) in [6.45, 7) is 1.26. The molecule has 1 aliphatic rings. The van der Waals surface area contributed by atoms with E-state index in [0.29, 0.717) is 13.0 Å². The predicted molar refractivity (Wildman–Crippen MR) is 69.3 cm³/mol. The highest BCUT2D eigenvalue weighted by atomic mass is 16.2. The zero-order valence-electron chi connectivity index (χ0n) is 9.97. The number of hydrogen-bond donors (Lipinski definition) is 1. The van der Waals surface area contributed by atoms with Gasteiger partial charge in [-0.05, 0) is 11.6 Å². The van der Waals surface area contributed by atoms with Crippen molar-refractivity contribution in [2.75, 3.05) is 25.1 Å². The lowest BCUT2D eigenvalue weighted by atomic mass is 10.1. The molecule has 0 aliphatic carbocycles. The van der Waals surface area contributed by atoms with Crippen molar-refractivity contribution in [2.45, 2.75) is 6.42 Å². The molecular weight excluding hydrogens is 214 g/mol. The maximum atomic E-state index is 11.5. The van der Waals surface area contributed by atoms with Crippen molar-refractivity contribution >= 4 is 17.7 Å². The molecule has 1 aliphatic heterocycles. The molecule has 2 N–H and O–H groups in total. The fraction of sp³-hybridized carbons (Fsp3) is 0.308. The normalized spacial score (nSPS) is 16.2. The lowest BCUT2D eigenvalue weighted by molar-refractivity contribution is -0.126. The third kappa shape index (κ3) is 2.31. The summed E-state index contributed by atoms with van der Waals surface area (Å²) in [6, 6.07) is 8.01. The minimum Gasteiger partial charge on any atom is -0.327 e. The van der Waals surface area contributed by atoms with Crippen LogP contribution in [0.3, 0.4) is 0 Å². The molecule has 0 bridgehead atoms. The van der Waals surface area contributed by atoms with Crippen LogP contribution in [0, 0.1) is 0 Å². The maximum Gasteiger partial charge on any atom is 0.242 e. The molecule has 0 atom stereocenters. The van der Waals surface area contributed by atoms with Gasteiger partial charge in [-0.3, -0.25) is 14.8 Å². The third-order valence-corrected chi connectivity index (χ3v) is 2.91. The second-order valence-corrected chi connectivity index (χ2v) is 3.99. The summed E-state index contributed by atoms with van der Waals surface area (Å²) in [5, 5.41) is 3.67. The van der Waals surface area contributed by atoms with Crippen LogP contribution in [0.25, 0.3) is 6.08 Å². The number of rotatable bonds is 3. The highest BCUT2D eigenvalue weighted by molar-refractivity contribution is 5.83. The average Bonchev–Trinajstić information content (AvgIpc) is 2.68. The van der Waals surface area contributed by atoms with Gasteiger partial charge in [-0.1, -0.05) is 30.4 Å². The van der Waals surface area contributed by atoms with Gasteiger partial charge in [0.1, 0.15) is 0 Å². The van der Waals surface area contributed by atoms with Crippen LogP contribution in [-0.2, 0) is 4.79 Å². The number of carbonyl (C=O) groups is 1. The summed E-state index contributed by atoms with van der Waals surface area (Å²) < 4.78 is 0. The predicted octanol–water partition coefficient (Wildman–Crippen LogP) is 1.24. The summed E-state index contributed by atoms with van der Waals surface area (Å²) >= 11 is 0. The van der Waals surface area contributed by atoms with E-state index in [1.807, 2.05) is 41.4 Å². The van der Waals surface area contributed by atoms with Crippen molar-refractivity contribution in [3.05, 3.63) is 35.9 Å². The zero-order valence-corrected chi connectivity index (χ0v) is 9.97. The molecule has 1 heterocycles. The molecule has 1 aromatic rings. The number of benzene rings is 1. The second kappa shape index (κ2) is 5.01. The Morgan fingerprint density at radius 1 is 1.41 bits per heavy atom. The van der Waals surface area contributed by atoms with Crippen molar-refractivity contribution in [3.63, 3.8) is 0 Å². The molecule has 0 aromatic heterocycles. The summed E-state index contributed by atoms with van der Waals surface area (Å²) in [7, 11) is 1.80. The number of nitrogens with zero attached hydrogens (tertiary/aromatic N) is 2. The second-order valence-electron chi connectivity index (χ2n) is 3.99. The monoisotopic (exact) mass is 231 g/mol. The van der Waals surface area contributed by atoms with Gasteiger partial charge in [0.25, 0.3) is 0 Å². The summed E-state index contributed by atoms with van der Waals surface area (Å²) in [5.74, 6) is 0.155. The molecule has 1 saturated heterocycles. The summed E-state index contributed by atoms with van der Waals surface area (Å²) in [4.78, 5) is 11.5. The lowest BCUT2D eigenvalue weighted by Crippen LogP contribution is -2.35. The Labute approximate surface area is 101 Å². The Morgan fingerprint density at radius 2 is 2.18 bits per heavy atom. The van der Waals surface area contributed by atoms with E-state index in [1.165, 1.54) is 0 Å². The van der Waals surface area contributed by atoms with E-state index in [2.05, 4.69) is 0 Å². The molecule has 1 aromatic carbocycles. The van der Waals surface area contributed by atoms with Gasteiger partial charge in [0.05, 0.1) is 5.69 Å². The molecule has 0 unspecified atom stereocenters. The standard InChI is InChI=1S/C13H17N3O/c1-15-13(17)8-10-16(15)12-7-3-2-5-11(12)6-4-9-14/h2-7H,8-10,14H2,1H3/b6-4+. The largest absolute Gasteiger partial charge is 0.327 e. The van der Waals surface area contributed by atoms with Crippen LogP contribution in [0.5, 0.6) is 0 Å². The van der Waals surface area contributed by atoms with E-state index < -0.39 is 0 Å². The van der Waals surface area contributed by atoms with E-state index in [9.17, 15) is 4.79 Å². The molecule has 17 heavy (non-hydrogen) atoms. The maximum absolute atomic E-state index is 11.5. The Balaban J connectivity index is 2.32. The van der Waals surface area contributed by atoms with Crippen LogP contribution in [-0.4, -0.2) is 31.1 Å². The van der Waals surface area contributed by atoms with Gasteiger partial charge in [-0.2, -0.15) is 0 Å². The number of anilines is 1. The van der Waals surface area contributed by atoms with Crippen LogP contribution in [0.1, 0.15) is 12.0 Å². The number of hydrogen-bond acceptors (Lipinski definition) is 3. The van der Waals surface area contributed by atoms with E-state index in [4.69, 9.17) is 5.73 Å². The highest BCUT2D eigenvalue weighted by Gasteiger charge is 2.26. The first kappa shape index (κ1) is 11.7. The molecule has 1 fully saturated rings.